The predicted octanol–water partition coefficient (Wildman–Crippen LogP) is -1.24. The molecule has 0 radical (unpaired) electrons. The van der Waals surface area contributed by atoms with Crippen LogP contribution in [-0.4, -0.2) is 47.3 Å². The summed E-state index contributed by atoms with van der Waals surface area (Å²) in [6, 6.07) is 0. The fraction of sp³-hybridized carbons (Fsp3) is 0.800. The van der Waals surface area contributed by atoms with Gasteiger partial charge in [0.15, 0.2) is 12.2 Å². The summed E-state index contributed by atoms with van der Waals surface area (Å²) in [5.41, 5.74) is 0. The third-order valence-electron chi connectivity index (χ3n) is 1.93. The molecule has 2 unspecified atom stereocenters. The zero-order valence-electron chi connectivity index (χ0n) is 9.69. The fourth-order valence-electron chi connectivity index (χ4n) is 0.992. The minimum absolute atomic E-state index is 0.402. The smallest absolute Gasteiger partial charge is 0.252 e. The number of rotatable bonds is 7. The van der Waals surface area contributed by atoms with Crippen molar-refractivity contribution in [2.75, 3.05) is 13.1 Å². The molecule has 2 amide bonds. The van der Waals surface area contributed by atoms with Gasteiger partial charge in [-0.2, -0.15) is 0 Å². The van der Waals surface area contributed by atoms with E-state index in [-0.39, 0.29) is 0 Å². The highest BCUT2D eigenvalue weighted by atomic mass is 16.3. The number of aliphatic hydroxyl groups excluding tert-OH is 2. The molecule has 16 heavy (non-hydrogen) atoms. The Hall–Kier alpha value is -1.14. The first kappa shape index (κ1) is 14.9. The molecule has 6 heteroatoms. The lowest BCUT2D eigenvalue weighted by molar-refractivity contribution is -0.146. The zero-order chi connectivity index (χ0) is 12.6. The Bertz CT molecular complexity index is 209. The molecule has 6 nitrogen and oxygen atoms in total. The summed E-state index contributed by atoms with van der Waals surface area (Å²) in [6.45, 7) is 4.52. The molecule has 0 bridgehead atoms. The van der Waals surface area contributed by atoms with E-state index in [1.807, 2.05) is 13.8 Å². The lowest BCUT2D eigenvalue weighted by Gasteiger charge is -2.16. The van der Waals surface area contributed by atoms with Gasteiger partial charge in [0.25, 0.3) is 11.8 Å². The van der Waals surface area contributed by atoms with Gasteiger partial charge in [0.05, 0.1) is 0 Å². The van der Waals surface area contributed by atoms with E-state index in [2.05, 4.69) is 10.6 Å². The molecule has 0 heterocycles. The Morgan fingerprint density at radius 3 is 1.50 bits per heavy atom. The van der Waals surface area contributed by atoms with Gasteiger partial charge in [-0.15, -0.1) is 0 Å². The Morgan fingerprint density at radius 2 is 1.25 bits per heavy atom. The molecule has 0 aliphatic carbocycles. The second-order valence-corrected chi connectivity index (χ2v) is 3.47. The predicted molar refractivity (Wildman–Crippen MR) is 58.6 cm³/mol. The van der Waals surface area contributed by atoms with Crippen LogP contribution in [0, 0.1) is 0 Å². The maximum Gasteiger partial charge on any atom is 0.252 e. The van der Waals surface area contributed by atoms with Crippen molar-refractivity contribution in [2.45, 2.75) is 38.9 Å². The maximum absolute atomic E-state index is 11.2. The van der Waals surface area contributed by atoms with Crippen LogP contribution in [0.2, 0.25) is 0 Å². The average Bonchev–Trinajstić information content (AvgIpc) is 2.30. The minimum Gasteiger partial charge on any atom is -0.380 e. The monoisotopic (exact) mass is 232 g/mol. The number of hydrogen-bond donors (Lipinski definition) is 4. The molecule has 94 valence electrons. The van der Waals surface area contributed by atoms with Crippen molar-refractivity contribution >= 4 is 11.8 Å². The molecule has 0 aliphatic rings. The lowest BCUT2D eigenvalue weighted by atomic mass is 10.1. The van der Waals surface area contributed by atoms with E-state index in [1.165, 1.54) is 0 Å². The molecule has 0 spiro atoms. The van der Waals surface area contributed by atoms with Gasteiger partial charge in [-0.25, -0.2) is 0 Å². The number of amides is 2. The average molecular weight is 232 g/mol. The highest BCUT2D eigenvalue weighted by Gasteiger charge is 2.29. The van der Waals surface area contributed by atoms with E-state index in [0.717, 1.165) is 12.8 Å². The summed E-state index contributed by atoms with van der Waals surface area (Å²) in [7, 11) is 0. The topological polar surface area (TPSA) is 98.7 Å². The third-order valence-corrected chi connectivity index (χ3v) is 1.93. The van der Waals surface area contributed by atoms with Crippen LogP contribution in [0.25, 0.3) is 0 Å². The Kier molecular flexibility index (Phi) is 7.49. The highest BCUT2D eigenvalue weighted by molar-refractivity contribution is 5.90. The van der Waals surface area contributed by atoms with Crippen LogP contribution in [0.4, 0.5) is 0 Å². The molecule has 0 aliphatic heterocycles. The molecule has 0 saturated heterocycles. The van der Waals surface area contributed by atoms with Crippen molar-refractivity contribution in [2.24, 2.45) is 0 Å². The largest absolute Gasteiger partial charge is 0.380 e. The van der Waals surface area contributed by atoms with Crippen LogP contribution >= 0.6 is 0 Å². The molecule has 0 aromatic carbocycles. The molecule has 0 saturated carbocycles. The van der Waals surface area contributed by atoms with E-state index >= 15 is 0 Å². The number of nitrogens with one attached hydrogen (secondary N) is 2. The lowest BCUT2D eigenvalue weighted by Crippen LogP contribution is -2.49. The van der Waals surface area contributed by atoms with Gasteiger partial charge in [-0.1, -0.05) is 13.8 Å². The molecular weight excluding hydrogens is 212 g/mol. The maximum atomic E-state index is 11.2. The van der Waals surface area contributed by atoms with Crippen molar-refractivity contribution in [3.05, 3.63) is 0 Å². The van der Waals surface area contributed by atoms with Crippen molar-refractivity contribution in [1.29, 1.82) is 0 Å². The second-order valence-electron chi connectivity index (χ2n) is 3.47. The van der Waals surface area contributed by atoms with Crippen LogP contribution in [0.5, 0.6) is 0 Å². The van der Waals surface area contributed by atoms with E-state index in [4.69, 9.17) is 0 Å². The molecule has 0 aromatic heterocycles. The summed E-state index contributed by atoms with van der Waals surface area (Å²) in [6.07, 6.45) is -2.00. The van der Waals surface area contributed by atoms with E-state index in [0.29, 0.717) is 13.1 Å². The minimum atomic E-state index is -1.72. The number of aliphatic hydroxyl groups is 2. The molecule has 0 fully saturated rings. The summed E-state index contributed by atoms with van der Waals surface area (Å²) in [5.74, 6) is -1.47. The van der Waals surface area contributed by atoms with Gasteiger partial charge >= 0.3 is 0 Å². The number of carbonyl (C=O) groups is 2. The SMILES string of the molecule is CCCNC(=O)C(O)C(O)C(=O)NCCC. The first-order chi connectivity index (χ1) is 7.54. The standard InChI is InChI=1S/C10H20N2O4/c1-3-5-11-9(15)7(13)8(14)10(16)12-6-4-2/h7-8,13-14H,3-6H2,1-2H3,(H,11,15)(H,12,16). The third kappa shape index (κ3) is 5.09. The van der Waals surface area contributed by atoms with Crippen molar-refractivity contribution in [3.8, 4) is 0 Å². The Morgan fingerprint density at radius 1 is 0.938 bits per heavy atom. The van der Waals surface area contributed by atoms with Crippen molar-refractivity contribution in [1.82, 2.24) is 10.6 Å². The van der Waals surface area contributed by atoms with Gasteiger partial charge in [0, 0.05) is 13.1 Å². The molecule has 0 aromatic rings. The second kappa shape index (κ2) is 8.06. The van der Waals surface area contributed by atoms with Crippen LogP contribution in [0.15, 0.2) is 0 Å². The van der Waals surface area contributed by atoms with E-state index in [1.54, 1.807) is 0 Å². The van der Waals surface area contributed by atoms with Gasteiger partial charge in [-0.05, 0) is 12.8 Å². The van der Waals surface area contributed by atoms with Crippen LogP contribution in [0.3, 0.4) is 0 Å². The molecule has 4 N–H and O–H groups in total. The summed E-state index contributed by atoms with van der Waals surface area (Å²) in [4.78, 5) is 22.4. The molecular formula is C10H20N2O4. The van der Waals surface area contributed by atoms with Gasteiger partial charge in [-0.3, -0.25) is 9.59 Å². The Labute approximate surface area is 95.0 Å². The van der Waals surface area contributed by atoms with Crippen molar-refractivity contribution < 1.29 is 19.8 Å². The fourth-order valence-corrected chi connectivity index (χ4v) is 0.992. The first-order valence-electron chi connectivity index (χ1n) is 5.46. The van der Waals surface area contributed by atoms with Gasteiger partial charge in [0.2, 0.25) is 0 Å². The normalized spacial score (nSPS) is 14.0. The summed E-state index contributed by atoms with van der Waals surface area (Å²) < 4.78 is 0. The van der Waals surface area contributed by atoms with E-state index < -0.39 is 24.0 Å². The van der Waals surface area contributed by atoms with Crippen LogP contribution in [-0.2, 0) is 9.59 Å². The van der Waals surface area contributed by atoms with Crippen molar-refractivity contribution in [3.63, 3.8) is 0 Å². The Balaban J connectivity index is 4.09. The highest BCUT2D eigenvalue weighted by Crippen LogP contribution is 1.94. The van der Waals surface area contributed by atoms with E-state index in [9.17, 15) is 19.8 Å². The van der Waals surface area contributed by atoms with Crippen LogP contribution < -0.4 is 10.6 Å². The molecule has 2 atom stereocenters. The summed E-state index contributed by atoms with van der Waals surface area (Å²) in [5, 5.41) is 23.5. The zero-order valence-corrected chi connectivity index (χ0v) is 9.69. The summed E-state index contributed by atoms with van der Waals surface area (Å²) >= 11 is 0. The number of hydrogen-bond acceptors (Lipinski definition) is 4. The molecule has 0 rings (SSSR count). The van der Waals surface area contributed by atoms with Crippen LogP contribution in [0.1, 0.15) is 26.7 Å². The number of carbonyl (C=O) groups excluding carboxylic acids is 2. The first-order valence-corrected chi connectivity index (χ1v) is 5.46. The van der Waals surface area contributed by atoms with Gasteiger partial charge < -0.3 is 20.8 Å². The van der Waals surface area contributed by atoms with Gasteiger partial charge in [0.1, 0.15) is 0 Å². The quantitative estimate of drug-likeness (QED) is 0.441.